The quantitative estimate of drug-likeness (QED) is 0.787. The number of alkyl halides is 3. The highest BCUT2D eigenvalue weighted by Crippen LogP contribution is 2.42. The highest BCUT2D eigenvalue weighted by atomic mass is 35.5. The number of carboxylic acid groups (broad SMARTS) is 1. The minimum atomic E-state index is -4.86. The Morgan fingerprint density at radius 3 is 2.42 bits per heavy atom. The normalized spacial score (nSPS) is 16.3. The molecule has 0 spiro atoms. The first-order valence-electron chi connectivity index (χ1n) is 7.42. The highest BCUT2D eigenvalue weighted by molar-refractivity contribution is 6.30. The molecule has 0 amide bonds. The number of halogens is 4. The van der Waals surface area contributed by atoms with E-state index < -0.39 is 23.8 Å². The molecule has 0 saturated heterocycles. The van der Waals surface area contributed by atoms with E-state index in [-0.39, 0.29) is 11.3 Å². The molecule has 1 aliphatic heterocycles. The third-order valence-corrected chi connectivity index (χ3v) is 4.05. The number of aliphatic carboxylic acids is 1. The Hall–Kier alpha value is -2.67. The van der Waals surface area contributed by atoms with Gasteiger partial charge in [0, 0.05) is 16.1 Å². The molecule has 136 valence electrons. The van der Waals surface area contributed by atoms with E-state index in [9.17, 15) is 18.0 Å². The lowest BCUT2D eigenvalue weighted by molar-refractivity contribution is -0.187. The van der Waals surface area contributed by atoms with Crippen LogP contribution in [-0.2, 0) is 4.79 Å². The van der Waals surface area contributed by atoms with Gasteiger partial charge < -0.3 is 14.6 Å². The summed E-state index contributed by atoms with van der Waals surface area (Å²) in [4.78, 5) is 11.2. The van der Waals surface area contributed by atoms with Crippen molar-refractivity contribution in [3.8, 4) is 17.2 Å². The summed E-state index contributed by atoms with van der Waals surface area (Å²) in [5, 5.41) is 9.57. The Kier molecular flexibility index (Phi) is 4.58. The maximum atomic E-state index is 13.2. The van der Waals surface area contributed by atoms with E-state index in [0.717, 1.165) is 6.08 Å². The number of hydrogen-bond donors (Lipinski definition) is 1. The summed E-state index contributed by atoms with van der Waals surface area (Å²) in [6.07, 6.45) is -6.43. The smallest absolute Gasteiger partial charge is 0.430 e. The zero-order chi connectivity index (χ0) is 19.1. The molecular weight excluding hydrogens is 373 g/mol. The van der Waals surface area contributed by atoms with Crippen LogP contribution in [0.5, 0.6) is 17.2 Å². The summed E-state index contributed by atoms with van der Waals surface area (Å²) in [6, 6.07) is 9.44. The van der Waals surface area contributed by atoms with Crippen LogP contribution in [0.1, 0.15) is 11.1 Å². The lowest BCUT2D eigenvalue weighted by Gasteiger charge is -2.28. The van der Waals surface area contributed by atoms with Gasteiger partial charge in [0.05, 0.1) is 5.57 Å². The molecule has 3 rings (SSSR count). The van der Waals surface area contributed by atoms with E-state index in [2.05, 4.69) is 0 Å². The Morgan fingerprint density at radius 1 is 1.19 bits per heavy atom. The molecule has 4 nitrogen and oxygen atoms in total. The molecule has 1 heterocycles. The first-order chi connectivity index (χ1) is 12.2. The van der Waals surface area contributed by atoms with Crippen LogP contribution < -0.4 is 9.47 Å². The average Bonchev–Trinajstić information content (AvgIpc) is 2.57. The van der Waals surface area contributed by atoms with Crippen LogP contribution in [0.3, 0.4) is 0 Å². The summed E-state index contributed by atoms with van der Waals surface area (Å²) < 4.78 is 50.3. The van der Waals surface area contributed by atoms with E-state index >= 15 is 0 Å². The van der Waals surface area contributed by atoms with Crippen molar-refractivity contribution in [3.63, 3.8) is 0 Å². The van der Waals surface area contributed by atoms with Crippen LogP contribution in [0.4, 0.5) is 13.2 Å². The minimum Gasteiger partial charge on any atom is -0.478 e. The molecular formula is C18H12ClF3O4. The third kappa shape index (κ3) is 3.48. The molecule has 1 N–H and O–H groups in total. The summed E-state index contributed by atoms with van der Waals surface area (Å²) in [6.45, 7) is 1.54. The summed E-state index contributed by atoms with van der Waals surface area (Å²) in [5.41, 5.74) is -0.299. The second-order valence-electron chi connectivity index (χ2n) is 5.61. The molecule has 2 aromatic carbocycles. The maximum absolute atomic E-state index is 13.2. The zero-order valence-corrected chi connectivity index (χ0v) is 14.1. The highest BCUT2D eigenvalue weighted by Gasteiger charge is 2.48. The Bertz CT molecular complexity index is 889. The van der Waals surface area contributed by atoms with E-state index in [1.165, 1.54) is 19.1 Å². The van der Waals surface area contributed by atoms with Crippen molar-refractivity contribution in [1.29, 1.82) is 0 Å². The maximum Gasteiger partial charge on any atom is 0.430 e. The fourth-order valence-electron chi connectivity index (χ4n) is 2.55. The first kappa shape index (κ1) is 18.1. The number of rotatable bonds is 3. The lowest BCUT2D eigenvalue weighted by Crippen LogP contribution is -2.40. The molecule has 0 radical (unpaired) electrons. The molecule has 26 heavy (non-hydrogen) atoms. The topological polar surface area (TPSA) is 55.8 Å². The number of benzene rings is 2. The fraction of sp³-hybridized carbons (Fsp3) is 0.167. The standard InChI is InChI=1S/C18H12ClF3O4/c1-9-14(25-12-5-3-11(19)4-6-12)7-2-10-8-13(17(23)24)16(18(20,21)22)26-15(9)10/h2-8,16H,1H3,(H,23,24). The van der Waals surface area contributed by atoms with Gasteiger partial charge in [-0.05, 0) is 49.4 Å². The minimum absolute atomic E-state index is 0.0659. The number of ether oxygens (including phenoxy) is 2. The summed E-state index contributed by atoms with van der Waals surface area (Å²) in [7, 11) is 0. The van der Waals surface area contributed by atoms with Gasteiger partial charge in [-0.2, -0.15) is 13.2 Å². The second kappa shape index (κ2) is 6.57. The van der Waals surface area contributed by atoms with Crippen LogP contribution in [-0.4, -0.2) is 23.4 Å². The van der Waals surface area contributed by atoms with Gasteiger partial charge in [-0.25, -0.2) is 4.79 Å². The largest absolute Gasteiger partial charge is 0.478 e. The molecule has 1 aliphatic rings. The van der Waals surface area contributed by atoms with Gasteiger partial charge in [0.2, 0.25) is 6.10 Å². The van der Waals surface area contributed by atoms with Crippen molar-refractivity contribution in [3.05, 3.63) is 58.1 Å². The van der Waals surface area contributed by atoms with Crippen LogP contribution >= 0.6 is 11.6 Å². The molecule has 0 saturated carbocycles. The van der Waals surface area contributed by atoms with E-state index in [4.69, 9.17) is 26.2 Å². The van der Waals surface area contributed by atoms with Gasteiger partial charge in [0.1, 0.15) is 17.2 Å². The number of carboxylic acids is 1. The molecule has 0 aliphatic carbocycles. The van der Waals surface area contributed by atoms with Crippen molar-refractivity contribution in [2.75, 3.05) is 0 Å². The van der Waals surface area contributed by atoms with Crippen LogP contribution in [0.15, 0.2) is 42.0 Å². The van der Waals surface area contributed by atoms with Gasteiger partial charge >= 0.3 is 12.1 Å². The Balaban J connectivity index is 2.01. The summed E-state index contributed by atoms with van der Waals surface area (Å²) >= 11 is 5.80. The Labute approximate surface area is 151 Å². The van der Waals surface area contributed by atoms with Crippen molar-refractivity contribution < 1.29 is 32.5 Å². The Morgan fingerprint density at radius 2 is 1.85 bits per heavy atom. The lowest BCUT2D eigenvalue weighted by atomic mass is 9.99. The number of fused-ring (bicyclic) bond motifs is 1. The van der Waals surface area contributed by atoms with Gasteiger partial charge in [-0.3, -0.25) is 0 Å². The van der Waals surface area contributed by atoms with E-state index in [0.29, 0.717) is 22.1 Å². The fourth-order valence-corrected chi connectivity index (χ4v) is 2.67. The van der Waals surface area contributed by atoms with Crippen molar-refractivity contribution in [2.24, 2.45) is 0 Å². The molecule has 1 unspecified atom stereocenters. The first-order valence-corrected chi connectivity index (χ1v) is 7.80. The SMILES string of the molecule is Cc1c(Oc2ccc(Cl)cc2)ccc2c1OC(C(F)(F)F)C(C(=O)O)=C2. The second-order valence-corrected chi connectivity index (χ2v) is 6.04. The van der Waals surface area contributed by atoms with Crippen molar-refractivity contribution >= 4 is 23.6 Å². The average molecular weight is 385 g/mol. The van der Waals surface area contributed by atoms with Crippen molar-refractivity contribution in [2.45, 2.75) is 19.2 Å². The zero-order valence-electron chi connectivity index (χ0n) is 13.3. The molecule has 0 bridgehead atoms. The molecule has 1 atom stereocenters. The van der Waals surface area contributed by atoms with Crippen LogP contribution in [0, 0.1) is 6.92 Å². The predicted octanol–water partition coefficient (Wildman–Crippen LogP) is 5.23. The monoisotopic (exact) mass is 384 g/mol. The van der Waals surface area contributed by atoms with Gasteiger partial charge in [-0.15, -0.1) is 0 Å². The van der Waals surface area contributed by atoms with E-state index in [1.54, 1.807) is 24.3 Å². The van der Waals surface area contributed by atoms with Gasteiger partial charge in [-0.1, -0.05) is 11.6 Å². The third-order valence-electron chi connectivity index (χ3n) is 3.80. The molecule has 2 aromatic rings. The number of hydrogen-bond acceptors (Lipinski definition) is 3. The molecule has 8 heteroatoms. The van der Waals surface area contributed by atoms with Crippen LogP contribution in [0.2, 0.25) is 5.02 Å². The molecule has 0 aromatic heterocycles. The molecule has 0 fully saturated rings. The summed E-state index contributed by atoms with van der Waals surface area (Å²) in [5.74, 6) is -1.01. The van der Waals surface area contributed by atoms with Crippen LogP contribution in [0.25, 0.3) is 6.08 Å². The van der Waals surface area contributed by atoms with E-state index in [1.807, 2.05) is 0 Å². The predicted molar refractivity (Wildman–Crippen MR) is 88.8 cm³/mol. The van der Waals surface area contributed by atoms with Crippen molar-refractivity contribution in [1.82, 2.24) is 0 Å². The number of carbonyl (C=O) groups is 1. The van der Waals surface area contributed by atoms with Gasteiger partial charge in [0.15, 0.2) is 0 Å². The van der Waals surface area contributed by atoms with Gasteiger partial charge in [0.25, 0.3) is 0 Å².